The Morgan fingerprint density at radius 3 is 2.52 bits per heavy atom. The quantitative estimate of drug-likeness (QED) is 0.545. The van der Waals surface area contributed by atoms with Gasteiger partial charge in [0.05, 0.1) is 17.5 Å². The molecule has 2 rings (SSSR count). The van der Waals surface area contributed by atoms with E-state index in [0.29, 0.717) is 0 Å². The third kappa shape index (κ3) is 5.60. The van der Waals surface area contributed by atoms with Gasteiger partial charge >= 0.3 is 12.3 Å². The van der Waals surface area contributed by atoms with Crippen molar-refractivity contribution in [1.29, 1.82) is 0 Å². The van der Waals surface area contributed by atoms with Crippen molar-refractivity contribution in [3.63, 3.8) is 0 Å². The molecule has 2 atom stereocenters. The molecule has 0 aliphatic carbocycles. The molecule has 1 saturated heterocycles. The summed E-state index contributed by atoms with van der Waals surface area (Å²) in [5.74, 6) is -1.98. The number of hydrogen-bond acceptors (Lipinski definition) is 7. The lowest BCUT2D eigenvalue weighted by atomic mass is 10.3. The molecule has 0 aromatic heterocycles. The zero-order valence-electron chi connectivity index (χ0n) is 14.2. The minimum Gasteiger partial charge on any atom is -0.465 e. The van der Waals surface area contributed by atoms with Gasteiger partial charge in [-0.15, -0.1) is 24.9 Å². The first-order chi connectivity index (χ1) is 12.6. The number of carbonyl (C=O) groups excluding carboxylic acids is 3. The summed E-state index contributed by atoms with van der Waals surface area (Å²) >= 11 is 1.06. The van der Waals surface area contributed by atoms with Crippen LogP contribution in [0.25, 0.3) is 0 Å². The van der Waals surface area contributed by atoms with Gasteiger partial charge in [0.2, 0.25) is 11.8 Å². The second kappa shape index (κ2) is 8.61. The molecule has 1 aliphatic heterocycles. The highest BCUT2D eigenvalue weighted by Gasteiger charge is 2.40. The van der Waals surface area contributed by atoms with Crippen molar-refractivity contribution in [1.82, 2.24) is 0 Å². The van der Waals surface area contributed by atoms with E-state index in [2.05, 4.69) is 4.74 Å². The Morgan fingerprint density at radius 1 is 1.33 bits per heavy atom. The highest BCUT2D eigenvalue weighted by Crippen LogP contribution is 2.31. The van der Waals surface area contributed by atoms with Gasteiger partial charge in [0, 0.05) is 12.2 Å². The first-order valence-corrected chi connectivity index (χ1v) is 8.93. The standard InChI is InChI=1S/C16H17F3N2O5S/c1-2-25-15(24)11(20)8-27-12-7-13(22)21(14(12)23)9-3-5-10(6-4-9)26-16(17,18)19/h3-6,11-12H,2,7-8,20H2,1H3/t11-,12-/m1/s1. The summed E-state index contributed by atoms with van der Waals surface area (Å²) in [6.07, 6.45) is -4.93. The lowest BCUT2D eigenvalue weighted by Gasteiger charge is -2.16. The van der Waals surface area contributed by atoms with E-state index in [4.69, 9.17) is 10.5 Å². The molecule has 0 bridgehead atoms. The summed E-state index contributed by atoms with van der Waals surface area (Å²) in [5, 5.41) is -0.732. The van der Waals surface area contributed by atoms with Gasteiger partial charge in [-0.3, -0.25) is 14.4 Å². The third-order valence-electron chi connectivity index (χ3n) is 3.50. The van der Waals surface area contributed by atoms with E-state index in [1.54, 1.807) is 6.92 Å². The van der Waals surface area contributed by atoms with Crippen molar-refractivity contribution < 1.29 is 37.0 Å². The van der Waals surface area contributed by atoms with Crippen molar-refractivity contribution in [2.24, 2.45) is 5.73 Å². The molecule has 1 aliphatic rings. The molecule has 2 N–H and O–H groups in total. The Balaban J connectivity index is 2.00. The van der Waals surface area contributed by atoms with Gasteiger partial charge in [0.25, 0.3) is 0 Å². The van der Waals surface area contributed by atoms with E-state index >= 15 is 0 Å². The van der Waals surface area contributed by atoms with E-state index in [0.717, 1.165) is 28.8 Å². The molecule has 0 spiro atoms. The van der Waals surface area contributed by atoms with Crippen LogP contribution in [0.3, 0.4) is 0 Å². The molecule has 1 heterocycles. The number of halogens is 3. The Hall–Kier alpha value is -2.27. The Kier molecular flexibility index (Phi) is 6.71. The number of thioether (sulfide) groups is 1. The van der Waals surface area contributed by atoms with Gasteiger partial charge in [-0.05, 0) is 31.2 Å². The monoisotopic (exact) mass is 406 g/mol. The molecule has 2 amide bonds. The second-order valence-corrected chi connectivity index (χ2v) is 6.73. The number of imide groups is 1. The number of carbonyl (C=O) groups is 3. The number of benzene rings is 1. The summed E-state index contributed by atoms with van der Waals surface area (Å²) in [6.45, 7) is 1.82. The summed E-state index contributed by atoms with van der Waals surface area (Å²) in [4.78, 5) is 37.0. The Labute approximate surface area is 157 Å². The molecule has 1 aromatic carbocycles. The molecule has 148 valence electrons. The van der Waals surface area contributed by atoms with E-state index in [-0.39, 0.29) is 24.5 Å². The normalized spacial score (nSPS) is 18.6. The van der Waals surface area contributed by atoms with Crippen LogP contribution in [0.2, 0.25) is 0 Å². The number of nitrogens with two attached hydrogens (primary N) is 1. The molecule has 0 radical (unpaired) electrons. The number of esters is 1. The molecular formula is C16H17F3N2O5S. The average molecular weight is 406 g/mol. The number of hydrogen-bond donors (Lipinski definition) is 1. The summed E-state index contributed by atoms with van der Waals surface area (Å²) in [7, 11) is 0. The first-order valence-electron chi connectivity index (χ1n) is 7.88. The van der Waals surface area contributed by atoms with E-state index in [1.165, 1.54) is 12.1 Å². The van der Waals surface area contributed by atoms with Crippen LogP contribution < -0.4 is 15.4 Å². The third-order valence-corrected chi connectivity index (χ3v) is 4.82. The number of rotatable bonds is 7. The Morgan fingerprint density at radius 2 is 1.96 bits per heavy atom. The van der Waals surface area contributed by atoms with Crippen molar-refractivity contribution >= 4 is 35.2 Å². The highest BCUT2D eigenvalue weighted by atomic mass is 32.2. The lowest BCUT2D eigenvalue weighted by molar-refractivity contribution is -0.274. The van der Waals surface area contributed by atoms with Crippen LogP contribution in [0.5, 0.6) is 5.75 Å². The molecule has 11 heteroatoms. The van der Waals surface area contributed by atoms with Gasteiger partial charge in [0.1, 0.15) is 11.8 Å². The smallest absolute Gasteiger partial charge is 0.465 e. The fourth-order valence-corrected chi connectivity index (χ4v) is 3.42. The molecule has 7 nitrogen and oxygen atoms in total. The molecule has 1 fully saturated rings. The molecule has 1 aromatic rings. The van der Waals surface area contributed by atoms with Gasteiger partial charge in [-0.25, -0.2) is 4.90 Å². The number of alkyl halides is 3. The van der Waals surface area contributed by atoms with Gasteiger partial charge in [0.15, 0.2) is 0 Å². The SMILES string of the molecule is CCOC(=O)[C@H](N)CS[C@@H]1CC(=O)N(c2ccc(OC(F)(F)F)cc2)C1=O. The van der Waals surface area contributed by atoms with Crippen LogP contribution >= 0.6 is 11.8 Å². The summed E-state index contributed by atoms with van der Waals surface area (Å²) < 4.78 is 45.1. The van der Waals surface area contributed by atoms with Crippen molar-refractivity contribution in [3.8, 4) is 5.75 Å². The predicted molar refractivity (Wildman–Crippen MR) is 91.1 cm³/mol. The van der Waals surface area contributed by atoms with Crippen LogP contribution in [-0.4, -0.2) is 47.8 Å². The van der Waals surface area contributed by atoms with Crippen LogP contribution in [0.4, 0.5) is 18.9 Å². The maximum absolute atomic E-state index is 12.5. The Bertz CT molecular complexity index is 711. The lowest BCUT2D eigenvalue weighted by Crippen LogP contribution is -2.36. The van der Waals surface area contributed by atoms with Crippen molar-refractivity contribution in [2.45, 2.75) is 31.0 Å². The van der Waals surface area contributed by atoms with Crippen LogP contribution in [0.1, 0.15) is 13.3 Å². The summed E-state index contributed by atoms with van der Waals surface area (Å²) in [6, 6.07) is 3.48. The van der Waals surface area contributed by atoms with Crippen LogP contribution in [-0.2, 0) is 19.1 Å². The van der Waals surface area contributed by atoms with Gasteiger partial charge in [-0.1, -0.05) is 0 Å². The predicted octanol–water partition coefficient (Wildman–Crippen LogP) is 1.84. The first kappa shape index (κ1) is 21.0. The summed E-state index contributed by atoms with van der Waals surface area (Å²) in [5.41, 5.74) is 5.80. The molecule has 27 heavy (non-hydrogen) atoms. The van der Waals surface area contributed by atoms with Crippen LogP contribution in [0.15, 0.2) is 24.3 Å². The zero-order chi connectivity index (χ0) is 20.2. The second-order valence-electron chi connectivity index (χ2n) is 5.49. The minimum atomic E-state index is -4.83. The van der Waals surface area contributed by atoms with E-state index < -0.39 is 41.2 Å². The average Bonchev–Trinajstić information content (AvgIpc) is 2.86. The van der Waals surface area contributed by atoms with E-state index in [1.807, 2.05) is 0 Å². The highest BCUT2D eigenvalue weighted by molar-refractivity contribution is 8.00. The molecule has 0 unspecified atom stereocenters. The topological polar surface area (TPSA) is 98.9 Å². The number of anilines is 1. The zero-order valence-corrected chi connectivity index (χ0v) is 15.0. The maximum Gasteiger partial charge on any atom is 0.573 e. The molecule has 0 saturated carbocycles. The fourth-order valence-electron chi connectivity index (χ4n) is 2.34. The molecular weight excluding hydrogens is 389 g/mol. The number of ether oxygens (including phenoxy) is 2. The fraction of sp³-hybridized carbons (Fsp3) is 0.438. The van der Waals surface area contributed by atoms with Crippen molar-refractivity contribution in [2.75, 3.05) is 17.3 Å². The largest absolute Gasteiger partial charge is 0.573 e. The van der Waals surface area contributed by atoms with Crippen LogP contribution in [0, 0.1) is 0 Å². The number of amides is 2. The van der Waals surface area contributed by atoms with E-state index in [9.17, 15) is 27.6 Å². The number of nitrogens with zero attached hydrogens (tertiary/aromatic N) is 1. The van der Waals surface area contributed by atoms with Crippen molar-refractivity contribution in [3.05, 3.63) is 24.3 Å². The minimum absolute atomic E-state index is 0.0920. The van der Waals surface area contributed by atoms with Gasteiger partial charge in [-0.2, -0.15) is 0 Å². The maximum atomic E-state index is 12.5. The van der Waals surface area contributed by atoms with Gasteiger partial charge < -0.3 is 15.2 Å².